The Labute approximate surface area is 191 Å². The number of carbonyl (C=O) groups is 1. The summed E-state index contributed by atoms with van der Waals surface area (Å²) in [6.45, 7) is 2.86. The van der Waals surface area contributed by atoms with E-state index in [4.69, 9.17) is 14.0 Å². The number of methoxy groups -OCH3 is 2. The van der Waals surface area contributed by atoms with Gasteiger partial charge < -0.3 is 19.3 Å². The molecule has 0 aliphatic carbocycles. The molecule has 172 valence electrons. The molecule has 1 aromatic heterocycles. The van der Waals surface area contributed by atoms with E-state index in [2.05, 4.69) is 15.5 Å². The number of hydrogen-bond acceptors (Lipinski definition) is 6. The van der Waals surface area contributed by atoms with E-state index in [1.807, 2.05) is 31.2 Å². The number of halogens is 1. The summed E-state index contributed by atoms with van der Waals surface area (Å²) in [7, 11) is 3.21. The smallest absolute Gasteiger partial charge is 0.322 e. The van der Waals surface area contributed by atoms with Crippen molar-refractivity contribution in [2.24, 2.45) is 0 Å². The molecule has 2 heterocycles. The summed E-state index contributed by atoms with van der Waals surface area (Å²) in [4.78, 5) is 19.2. The Morgan fingerprint density at radius 2 is 1.97 bits per heavy atom. The molecular formula is C24H25FN4O4. The molecule has 0 spiro atoms. The SMILES string of the molecule is COCCCN1C(=O)NC(c2cccc(OC)c2)C(c2nc(-c3ccc(F)cc3)no2)=C1C. The van der Waals surface area contributed by atoms with Crippen LogP contribution in [0.25, 0.3) is 17.0 Å². The molecular weight excluding hydrogens is 427 g/mol. The molecule has 0 radical (unpaired) electrons. The lowest BCUT2D eigenvalue weighted by molar-refractivity contribution is 0.174. The minimum atomic E-state index is -0.521. The van der Waals surface area contributed by atoms with E-state index < -0.39 is 6.04 Å². The van der Waals surface area contributed by atoms with Crippen molar-refractivity contribution in [3.8, 4) is 17.1 Å². The standard InChI is InChI=1S/C24H25FN4O4/c1-15-20(23-27-22(28-33-23)16-8-10-18(25)11-9-16)21(17-6-4-7-19(14-17)32-3)26-24(30)29(15)12-5-13-31-2/h4,6-11,14,21H,5,12-13H2,1-3H3,(H,26,30). The van der Waals surface area contributed by atoms with E-state index in [0.717, 1.165) is 5.56 Å². The molecule has 1 aliphatic rings. The van der Waals surface area contributed by atoms with Crippen LogP contribution < -0.4 is 10.1 Å². The molecule has 8 nitrogen and oxygen atoms in total. The Bertz CT molecular complexity index is 1160. The van der Waals surface area contributed by atoms with Gasteiger partial charge in [-0.05, 0) is 55.3 Å². The van der Waals surface area contributed by atoms with Gasteiger partial charge in [0.2, 0.25) is 5.82 Å². The van der Waals surface area contributed by atoms with Gasteiger partial charge in [0.1, 0.15) is 11.6 Å². The van der Waals surface area contributed by atoms with Gasteiger partial charge >= 0.3 is 6.03 Å². The first kappa shape index (κ1) is 22.5. The second-order valence-corrected chi connectivity index (χ2v) is 7.59. The van der Waals surface area contributed by atoms with Gasteiger partial charge in [-0.25, -0.2) is 9.18 Å². The molecule has 0 fully saturated rings. The zero-order valence-corrected chi connectivity index (χ0v) is 18.7. The van der Waals surface area contributed by atoms with Crippen LogP contribution in [0.4, 0.5) is 9.18 Å². The monoisotopic (exact) mass is 452 g/mol. The molecule has 3 aromatic rings. The zero-order valence-electron chi connectivity index (χ0n) is 18.7. The van der Waals surface area contributed by atoms with Gasteiger partial charge in [0.05, 0.1) is 18.7 Å². The van der Waals surface area contributed by atoms with Gasteiger partial charge in [-0.2, -0.15) is 4.98 Å². The lowest BCUT2D eigenvalue weighted by Crippen LogP contribution is -2.46. The maximum atomic E-state index is 13.3. The van der Waals surface area contributed by atoms with Gasteiger partial charge in [-0.1, -0.05) is 17.3 Å². The molecule has 33 heavy (non-hydrogen) atoms. The van der Waals surface area contributed by atoms with Crippen molar-refractivity contribution in [1.29, 1.82) is 0 Å². The van der Waals surface area contributed by atoms with E-state index >= 15 is 0 Å². The highest BCUT2D eigenvalue weighted by atomic mass is 19.1. The van der Waals surface area contributed by atoms with E-state index in [1.54, 1.807) is 31.3 Å². The third-order valence-electron chi connectivity index (χ3n) is 5.51. The third kappa shape index (κ3) is 4.73. The molecule has 1 unspecified atom stereocenters. The topological polar surface area (TPSA) is 89.7 Å². The van der Waals surface area contributed by atoms with Crippen molar-refractivity contribution in [2.75, 3.05) is 27.4 Å². The number of nitrogens with one attached hydrogen (secondary N) is 1. The number of rotatable bonds is 8. The molecule has 1 N–H and O–H groups in total. The maximum Gasteiger partial charge on any atom is 0.322 e. The fourth-order valence-corrected chi connectivity index (χ4v) is 3.81. The molecule has 0 saturated heterocycles. The van der Waals surface area contributed by atoms with E-state index in [0.29, 0.717) is 48.0 Å². The lowest BCUT2D eigenvalue weighted by Gasteiger charge is -2.35. The molecule has 2 aromatic carbocycles. The Morgan fingerprint density at radius 3 is 2.70 bits per heavy atom. The predicted molar refractivity (Wildman–Crippen MR) is 120 cm³/mol. The Hall–Kier alpha value is -3.72. The maximum absolute atomic E-state index is 13.3. The highest BCUT2D eigenvalue weighted by Gasteiger charge is 2.35. The van der Waals surface area contributed by atoms with E-state index in [-0.39, 0.29) is 17.7 Å². The van der Waals surface area contributed by atoms with Gasteiger partial charge in [-0.15, -0.1) is 0 Å². The van der Waals surface area contributed by atoms with Gasteiger partial charge in [-0.3, -0.25) is 4.90 Å². The summed E-state index contributed by atoms with van der Waals surface area (Å²) in [5, 5.41) is 7.14. The van der Waals surface area contributed by atoms with Gasteiger partial charge in [0, 0.05) is 31.5 Å². The highest BCUT2D eigenvalue weighted by molar-refractivity contribution is 5.87. The number of ether oxygens (including phenoxy) is 2. The van der Waals surface area contributed by atoms with Crippen molar-refractivity contribution in [1.82, 2.24) is 20.4 Å². The Morgan fingerprint density at radius 1 is 1.18 bits per heavy atom. The minimum Gasteiger partial charge on any atom is -0.497 e. The molecule has 0 bridgehead atoms. The average molecular weight is 452 g/mol. The molecule has 4 rings (SSSR count). The largest absolute Gasteiger partial charge is 0.497 e. The van der Waals surface area contributed by atoms with Crippen LogP contribution in [-0.4, -0.2) is 48.4 Å². The summed E-state index contributed by atoms with van der Waals surface area (Å²) in [5.74, 6) is 0.925. The summed E-state index contributed by atoms with van der Waals surface area (Å²) < 4.78 is 29.5. The summed E-state index contributed by atoms with van der Waals surface area (Å²) >= 11 is 0. The predicted octanol–water partition coefficient (Wildman–Crippen LogP) is 4.42. The number of amides is 2. The number of benzene rings is 2. The highest BCUT2D eigenvalue weighted by Crippen LogP contribution is 2.38. The van der Waals surface area contributed by atoms with Crippen molar-refractivity contribution in [2.45, 2.75) is 19.4 Å². The first-order valence-electron chi connectivity index (χ1n) is 10.5. The average Bonchev–Trinajstić information content (AvgIpc) is 3.31. The molecule has 9 heteroatoms. The molecule has 0 saturated carbocycles. The molecule has 1 atom stereocenters. The fraction of sp³-hybridized carbons (Fsp3) is 0.292. The van der Waals surface area contributed by atoms with Crippen LogP contribution in [0.3, 0.4) is 0 Å². The lowest BCUT2D eigenvalue weighted by atomic mass is 9.94. The van der Waals surface area contributed by atoms with Gasteiger partial charge in [0.25, 0.3) is 5.89 Å². The molecule has 2 amide bonds. The first-order valence-corrected chi connectivity index (χ1v) is 10.5. The number of nitrogens with zero attached hydrogens (tertiary/aromatic N) is 3. The minimum absolute atomic E-state index is 0.224. The Kier molecular flexibility index (Phi) is 6.69. The number of aromatic nitrogens is 2. The van der Waals surface area contributed by atoms with Crippen molar-refractivity contribution in [3.05, 3.63) is 71.5 Å². The Balaban J connectivity index is 1.77. The van der Waals surface area contributed by atoms with Crippen LogP contribution in [0.2, 0.25) is 0 Å². The van der Waals surface area contributed by atoms with Crippen molar-refractivity contribution < 1.29 is 23.2 Å². The van der Waals surface area contributed by atoms with Crippen LogP contribution in [0.5, 0.6) is 5.75 Å². The third-order valence-corrected chi connectivity index (χ3v) is 5.51. The summed E-state index contributed by atoms with van der Waals surface area (Å²) in [5.41, 5.74) is 2.83. The summed E-state index contributed by atoms with van der Waals surface area (Å²) in [6, 6.07) is 12.6. The second-order valence-electron chi connectivity index (χ2n) is 7.59. The van der Waals surface area contributed by atoms with Crippen molar-refractivity contribution in [3.63, 3.8) is 0 Å². The number of carbonyl (C=O) groups excluding carboxylic acids is 1. The van der Waals surface area contributed by atoms with E-state index in [1.165, 1.54) is 12.1 Å². The second kappa shape index (κ2) is 9.83. The normalized spacial score (nSPS) is 16.2. The van der Waals surface area contributed by atoms with Crippen LogP contribution in [0.15, 0.2) is 58.8 Å². The van der Waals surface area contributed by atoms with Crippen LogP contribution in [-0.2, 0) is 4.74 Å². The number of urea groups is 1. The van der Waals surface area contributed by atoms with Crippen LogP contribution >= 0.6 is 0 Å². The summed E-state index contributed by atoms with van der Waals surface area (Å²) in [6.07, 6.45) is 0.670. The number of allylic oxidation sites excluding steroid dienone is 1. The fourth-order valence-electron chi connectivity index (χ4n) is 3.81. The zero-order chi connectivity index (χ0) is 23.4. The van der Waals surface area contributed by atoms with E-state index in [9.17, 15) is 9.18 Å². The van der Waals surface area contributed by atoms with Gasteiger partial charge in [0.15, 0.2) is 0 Å². The van der Waals surface area contributed by atoms with Crippen LogP contribution in [0.1, 0.15) is 30.8 Å². The molecule has 1 aliphatic heterocycles. The quantitative estimate of drug-likeness (QED) is 0.509. The first-order chi connectivity index (χ1) is 16.0. The van der Waals surface area contributed by atoms with Crippen molar-refractivity contribution >= 4 is 11.6 Å². The van der Waals surface area contributed by atoms with Crippen LogP contribution in [0, 0.1) is 5.82 Å². The number of hydrogen-bond donors (Lipinski definition) is 1.